The van der Waals surface area contributed by atoms with Crippen molar-refractivity contribution < 1.29 is 23.8 Å². The standard InChI is InChI=1S/C22H24N4O5S2/c1-20-18(27)26-17(14-3-4-15-16(9-14)31-13-30-15)21(11-23,12-25-5-7-29-8-6-25)10-22(26,33-32-20)19(28)24(20)2/h3-4,9,17H,5-8,10,12-13H2,1-2H3/t17?,20?,21-,22?/m1/s1. The van der Waals surface area contributed by atoms with Gasteiger partial charge in [-0.25, -0.2) is 0 Å². The average Bonchev–Trinajstić information content (AvgIpc) is 3.41. The summed E-state index contributed by atoms with van der Waals surface area (Å²) in [4.78, 5) is 31.0. The van der Waals surface area contributed by atoms with Crippen LogP contribution in [-0.2, 0) is 14.3 Å². The maximum Gasteiger partial charge on any atom is 0.261 e. The molecular weight excluding hydrogens is 464 g/mol. The van der Waals surface area contributed by atoms with Gasteiger partial charge in [-0.05, 0) is 24.6 Å². The first-order valence-electron chi connectivity index (χ1n) is 10.9. The summed E-state index contributed by atoms with van der Waals surface area (Å²) >= 11 is 0. The van der Waals surface area contributed by atoms with E-state index in [1.807, 2.05) is 18.2 Å². The lowest BCUT2D eigenvalue weighted by atomic mass is 9.76. The maximum atomic E-state index is 14.0. The van der Waals surface area contributed by atoms with E-state index in [0.717, 1.165) is 5.56 Å². The number of ether oxygens (including phenoxy) is 3. The van der Waals surface area contributed by atoms with Crippen LogP contribution in [0.2, 0.25) is 0 Å². The molecule has 5 saturated heterocycles. The molecule has 0 aliphatic carbocycles. The summed E-state index contributed by atoms with van der Waals surface area (Å²) in [6.07, 6.45) is 0.273. The number of nitrogens with zero attached hydrogens (tertiary/aromatic N) is 4. The van der Waals surface area contributed by atoms with E-state index in [9.17, 15) is 14.9 Å². The number of carbonyl (C=O) groups is 2. The molecule has 1 spiro atoms. The molecule has 9 nitrogen and oxygen atoms in total. The molecule has 1 aromatic carbocycles. The lowest BCUT2D eigenvalue weighted by molar-refractivity contribution is -0.164. The fourth-order valence-corrected chi connectivity index (χ4v) is 9.22. The number of morpholine rings is 1. The summed E-state index contributed by atoms with van der Waals surface area (Å²) in [5, 5.41) is 10.7. The Bertz CT molecular complexity index is 1090. The van der Waals surface area contributed by atoms with Crippen LogP contribution in [-0.4, -0.2) is 82.9 Å². The number of nitriles is 1. The first kappa shape index (κ1) is 21.4. The number of carbonyl (C=O) groups excluding carboxylic acids is 2. The van der Waals surface area contributed by atoms with Crippen molar-refractivity contribution in [1.29, 1.82) is 5.26 Å². The molecule has 0 radical (unpaired) electrons. The Hall–Kier alpha value is -2.13. The molecule has 2 bridgehead atoms. The van der Waals surface area contributed by atoms with Crippen molar-refractivity contribution in [3.63, 3.8) is 0 Å². The highest BCUT2D eigenvalue weighted by Crippen LogP contribution is 2.69. The fraction of sp³-hybridized carbons (Fsp3) is 0.591. The minimum atomic E-state index is -1.11. The van der Waals surface area contributed by atoms with E-state index >= 15 is 0 Å². The number of piperazine rings is 1. The summed E-state index contributed by atoms with van der Waals surface area (Å²) < 4.78 is 16.6. The van der Waals surface area contributed by atoms with Crippen LogP contribution in [0.1, 0.15) is 24.9 Å². The zero-order chi connectivity index (χ0) is 23.0. The van der Waals surface area contributed by atoms with Gasteiger partial charge >= 0.3 is 0 Å². The fourth-order valence-electron chi connectivity index (χ4n) is 5.68. The third kappa shape index (κ3) is 2.75. The summed E-state index contributed by atoms with van der Waals surface area (Å²) in [5.74, 6) is 0.993. The summed E-state index contributed by atoms with van der Waals surface area (Å²) in [7, 11) is 4.54. The highest BCUT2D eigenvalue weighted by molar-refractivity contribution is 8.78. The first-order valence-corrected chi connectivity index (χ1v) is 13.1. The highest BCUT2D eigenvalue weighted by atomic mass is 33.1. The van der Waals surface area contributed by atoms with Gasteiger partial charge in [0, 0.05) is 33.1 Å². The van der Waals surface area contributed by atoms with Crippen molar-refractivity contribution in [2.45, 2.75) is 29.1 Å². The van der Waals surface area contributed by atoms with Gasteiger partial charge in [0.2, 0.25) is 6.79 Å². The zero-order valence-electron chi connectivity index (χ0n) is 18.4. The van der Waals surface area contributed by atoms with E-state index in [1.165, 1.54) is 21.6 Å². The van der Waals surface area contributed by atoms with E-state index < -0.39 is 21.2 Å². The monoisotopic (exact) mass is 488 g/mol. The van der Waals surface area contributed by atoms with Gasteiger partial charge < -0.3 is 24.0 Å². The van der Waals surface area contributed by atoms with Crippen LogP contribution in [0, 0.1) is 16.7 Å². The first-order chi connectivity index (χ1) is 15.8. The quantitative estimate of drug-likeness (QED) is 0.590. The van der Waals surface area contributed by atoms with Gasteiger partial charge in [-0.15, -0.1) is 0 Å². The smallest absolute Gasteiger partial charge is 0.261 e. The molecule has 0 aromatic heterocycles. The number of hydrogen-bond donors (Lipinski definition) is 0. The Morgan fingerprint density at radius 1 is 1.15 bits per heavy atom. The lowest BCUT2D eigenvalue weighted by Crippen LogP contribution is -2.73. The van der Waals surface area contributed by atoms with Gasteiger partial charge in [0.25, 0.3) is 11.8 Å². The number of rotatable bonds is 3. The summed E-state index contributed by atoms with van der Waals surface area (Å²) in [6, 6.07) is 7.60. The minimum Gasteiger partial charge on any atom is -0.454 e. The molecule has 2 amide bonds. The van der Waals surface area contributed by atoms with Crippen molar-refractivity contribution in [3.8, 4) is 17.6 Å². The van der Waals surface area contributed by atoms with Gasteiger partial charge in [-0.1, -0.05) is 27.7 Å². The molecule has 33 heavy (non-hydrogen) atoms. The largest absolute Gasteiger partial charge is 0.454 e. The second-order valence-electron chi connectivity index (χ2n) is 9.32. The van der Waals surface area contributed by atoms with E-state index in [0.29, 0.717) is 44.3 Å². The number of benzene rings is 1. The summed E-state index contributed by atoms with van der Waals surface area (Å²) in [6.45, 7) is 5.02. The van der Waals surface area contributed by atoms with Crippen LogP contribution in [0.4, 0.5) is 0 Å². The minimum absolute atomic E-state index is 0.113. The number of fused-ring (bicyclic) bond motifs is 3. The number of amides is 2. The van der Waals surface area contributed by atoms with Crippen LogP contribution < -0.4 is 9.47 Å². The topological polar surface area (TPSA) is 95.3 Å². The predicted molar refractivity (Wildman–Crippen MR) is 121 cm³/mol. The molecule has 0 saturated carbocycles. The second kappa shape index (κ2) is 7.18. The van der Waals surface area contributed by atoms with E-state index in [2.05, 4.69) is 11.0 Å². The Kier molecular flexibility index (Phi) is 4.66. The Morgan fingerprint density at radius 3 is 2.67 bits per heavy atom. The van der Waals surface area contributed by atoms with Crippen molar-refractivity contribution >= 4 is 33.4 Å². The molecule has 6 aliphatic rings. The second-order valence-corrected chi connectivity index (χ2v) is 12.1. The molecule has 11 heteroatoms. The zero-order valence-corrected chi connectivity index (χ0v) is 20.0. The molecule has 174 valence electrons. The Labute approximate surface area is 199 Å². The molecule has 3 unspecified atom stereocenters. The molecule has 0 N–H and O–H groups in total. The van der Waals surface area contributed by atoms with Crippen molar-refractivity contribution in [2.75, 3.05) is 46.7 Å². The van der Waals surface area contributed by atoms with E-state index in [1.54, 1.807) is 23.8 Å². The molecule has 6 aliphatic heterocycles. The van der Waals surface area contributed by atoms with Crippen LogP contribution in [0.5, 0.6) is 11.5 Å². The maximum absolute atomic E-state index is 14.0. The number of likely N-dealkylation sites (N-methyl/N-ethyl adjacent to an activating group) is 1. The van der Waals surface area contributed by atoms with Gasteiger partial charge in [-0.3, -0.25) is 14.5 Å². The normalized spacial score (nSPS) is 37.4. The lowest BCUT2D eigenvalue weighted by Gasteiger charge is -2.57. The molecule has 7 rings (SSSR count). The van der Waals surface area contributed by atoms with Crippen LogP contribution >= 0.6 is 21.6 Å². The van der Waals surface area contributed by atoms with E-state index in [4.69, 9.17) is 14.2 Å². The van der Waals surface area contributed by atoms with Crippen LogP contribution in [0.15, 0.2) is 18.2 Å². The average molecular weight is 489 g/mol. The van der Waals surface area contributed by atoms with E-state index in [-0.39, 0.29) is 25.0 Å². The van der Waals surface area contributed by atoms with Crippen LogP contribution in [0.3, 0.4) is 0 Å². The molecule has 5 fully saturated rings. The third-order valence-electron chi connectivity index (χ3n) is 7.51. The molecule has 1 aromatic rings. The SMILES string of the molecule is CN1C(=O)C23C[C@@](C#N)(CN4CCOCC4)C(c4ccc5c(c4)OCO5)N2C(=O)C1(C)SS3. The van der Waals surface area contributed by atoms with Crippen molar-refractivity contribution in [2.24, 2.45) is 5.41 Å². The Morgan fingerprint density at radius 2 is 1.91 bits per heavy atom. The Balaban J connectivity index is 1.52. The molecule has 4 atom stereocenters. The highest BCUT2D eigenvalue weighted by Gasteiger charge is 2.75. The van der Waals surface area contributed by atoms with Crippen LogP contribution in [0.25, 0.3) is 0 Å². The molecule has 6 heterocycles. The predicted octanol–water partition coefficient (Wildman–Crippen LogP) is 1.81. The van der Waals surface area contributed by atoms with Gasteiger partial charge in [0.05, 0.1) is 30.7 Å². The molecular formula is C22H24N4O5S2. The van der Waals surface area contributed by atoms with Gasteiger partial charge in [0.15, 0.2) is 21.2 Å². The van der Waals surface area contributed by atoms with Crippen molar-refractivity contribution in [3.05, 3.63) is 23.8 Å². The summed E-state index contributed by atoms with van der Waals surface area (Å²) in [5.41, 5.74) is -0.183. The van der Waals surface area contributed by atoms with Crippen molar-refractivity contribution in [1.82, 2.24) is 14.7 Å². The van der Waals surface area contributed by atoms with Gasteiger partial charge in [0.1, 0.15) is 0 Å². The third-order valence-corrected chi connectivity index (χ3v) is 11.2. The number of hydrogen-bond acceptors (Lipinski definition) is 9. The van der Waals surface area contributed by atoms with Gasteiger partial charge in [-0.2, -0.15) is 5.26 Å².